The fourth-order valence-electron chi connectivity index (χ4n) is 2.38. The third-order valence-corrected chi connectivity index (χ3v) is 3.46. The van der Waals surface area contributed by atoms with E-state index in [1.54, 1.807) is 0 Å². The summed E-state index contributed by atoms with van der Waals surface area (Å²) < 4.78 is 7.94. The predicted molar refractivity (Wildman–Crippen MR) is 72.9 cm³/mol. The second kappa shape index (κ2) is 4.91. The van der Waals surface area contributed by atoms with Gasteiger partial charge in [-0.15, -0.1) is 10.2 Å². The molecular formula is C14H18N4O. The van der Waals surface area contributed by atoms with E-state index < -0.39 is 0 Å². The highest BCUT2D eigenvalue weighted by atomic mass is 16.5. The molecule has 0 spiro atoms. The number of hydrogen-bond acceptors (Lipinski definition) is 4. The Hall–Kier alpha value is -2.04. The molecule has 0 aliphatic carbocycles. The Morgan fingerprint density at radius 1 is 1.32 bits per heavy atom. The van der Waals surface area contributed by atoms with Gasteiger partial charge in [-0.25, -0.2) is 0 Å². The van der Waals surface area contributed by atoms with E-state index >= 15 is 0 Å². The molecule has 0 unspecified atom stereocenters. The molecule has 1 aliphatic rings. The molecule has 0 saturated heterocycles. The SMILES string of the molecule is Cc1ccc(N)c(OCc2nnc3n2CCCC3)c1. The van der Waals surface area contributed by atoms with Gasteiger partial charge in [0.1, 0.15) is 18.2 Å². The maximum Gasteiger partial charge on any atom is 0.171 e. The lowest BCUT2D eigenvalue weighted by Gasteiger charge is -2.15. The third kappa shape index (κ3) is 2.41. The van der Waals surface area contributed by atoms with Crippen LogP contribution in [0.25, 0.3) is 0 Å². The summed E-state index contributed by atoms with van der Waals surface area (Å²) in [5.41, 5.74) is 7.69. The molecule has 0 amide bonds. The molecule has 5 heteroatoms. The number of aryl methyl sites for hydroxylation is 2. The Labute approximate surface area is 112 Å². The van der Waals surface area contributed by atoms with Gasteiger partial charge in [-0.1, -0.05) is 6.07 Å². The first-order valence-electron chi connectivity index (χ1n) is 6.64. The van der Waals surface area contributed by atoms with Gasteiger partial charge in [0, 0.05) is 13.0 Å². The van der Waals surface area contributed by atoms with Crippen molar-refractivity contribution >= 4 is 5.69 Å². The van der Waals surface area contributed by atoms with Crippen molar-refractivity contribution in [3.05, 3.63) is 35.4 Å². The lowest BCUT2D eigenvalue weighted by atomic mass is 10.2. The smallest absolute Gasteiger partial charge is 0.171 e. The molecule has 3 rings (SSSR count). The summed E-state index contributed by atoms with van der Waals surface area (Å²) >= 11 is 0. The monoisotopic (exact) mass is 258 g/mol. The van der Waals surface area contributed by atoms with Crippen molar-refractivity contribution in [3.8, 4) is 5.75 Å². The third-order valence-electron chi connectivity index (χ3n) is 3.46. The van der Waals surface area contributed by atoms with Crippen molar-refractivity contribution < 1.29 is 4.74 Å². The molecule has 100 valence electrons. The van der Waals surface area contributed by atoms with Crippen LogP contribution < -0.4 is 10.5 Å². The second-order valence-electron chi connectivity index (χ2n) is 4.97. The summed E-state index contributed by atoms with van der Waals surface area (Å²) in [6, 6.07) is 5.79. The largest absolute Gasteiger partial charge is 0.483 e. The fourth-order valence-corrected chi connectivity index (χ4v) is 2.38. The maximum atomic E-state index is 5.90. The summed E-state index contributed by atoms with van der Waals surface area (Å²) in [6.45, 7) is 3.43. The highest BCUT2D eigenvalue weighted by molar-refractivity contribution is 5.53. The van der Waals surface area contributed by atoms with E-state index in [1.807, 2.05) is 25.1 Å². The van der Waals surface area contributed by atoms with Gasteiger partial charge in [-0.2, -0.15) is 0 Å². The first-order valence-corrected chi connectivity index (χ1v) is 6.64. The lowest BCUT2D eigenvalue weighted by molar-refractivity contribution is 0.287. The Morgan fingerprint density at radius 3 is 3.11 bits per heavy atom. The zero-order valence-corrected chi connectivity index (χ0v) is 11.1. The standard InChI is InChI=1S/C14H18N4O/c1-10-5-6-11(15)12(8-10)19-9-14-17-16-13-4-2-3-7-18(13)14/h5-6,8H,2-4,7,9,15H2,1H3. The van der Waals surface area contributed by atoms with E-state index in [0.29, 0.717) is 18.0 Å². The van der Waals surface area contributed by atoms with Gasteiger partial charge in [0.25, 0.3) is 0 Å². The molecule has 0 bridgehead atoms. The molecule has 5 nitrogen and oxygen atoms in total. The Kier molecular flexibility index (Phi) is 3.11. The molecule has 0 radical (unpaired) electrons. The van der Waals surface area contributed by atoms with E-state index in [2.05, 4.69) is 14.8 Å². The number of anilines is 1. The van der Waals surface area contributed by atoms with Crippen LogP contribution in [0.5, 0.6) is 5.75 Å². The summed E-state index contributed by atoms with van der Waals surface area (Å²) in [6.07, 6.45) is 3.40. The topological polar surface area (TPSA) is 66.0 Å². The van der Waals surface area contributed by atoms with Crippen molar-refractivity contribution in [2.24, 2.45) is 0 Å². The van der Waals surface area contributed by atoms with Crippen molar-refractivity contribution in [2.45, 2.75) is 39.3 Å². The molecule has 2 N–H and O–H groups in total. The molecule has 0 atom stereocenters. The fraction of sp³-hybridized carbons (Fsp3) is 0.429. The summed E-state index contributed by atoms with van der Waals surface area (Å²) in [4.78, 5) is 0. The average Bonchev–Trinajstić information content (AvgIpc) is 2.83. The predicted octanol–water partition coefficient (Wildman–Crippen LogP) is 2.08. The van der Waals surface area contributed by atoms with Crippen LogP contribution in [0.2, 0.25) is 0 Å². The minimum absolute atomic E-state index is 0.417. The molecule has 1 aromatic carbocycles. The van der Waals surface area contributed by atoms with Crippen LogP contribution in [-0.4, -0.2) is 14.8 Å². The normalized spacial score (nSPS) is 14.2. The van der Waals surface area contributed by atoms with Gasteiger partial charge < -0.3 is 15.0 Å². The highest BCUT2D eigenvalue weighted by Gasteiger charge is 2.16. The van der Waals surface area contributed by atoms with Crippen molar-refractivity contribution in [1.29, 1.82) is 0 Å². The van der Waals surface area contributed by atoms with Gasteiger partial charge in [0.15, 0.2) is 5.82 Å². The zero-order chi connectivity index (χ0) is 13.2. The molecule has 19 heavy (non-hydrogen) atoms. The number of fused-ring (bicyclic) bond motifs is 1. The number of hydrogen-bond donors (Lipinski definition) is 1. The highest BCUT2D eigenvalue weighted by Crippen LogP contribution is 2.23. The molecule has 1 aliphatic heterocycles. The number of aromatic nitrogens is 3. The zero-order valence-electron chi connectivity index (χ0n) is 11.1. The van der Waals surface area contributed by atoms with E-state index in [-0.39, 0.29) is 0 Å². The maximum absolute atomic E-state index is 5.90. The van der Waals surface area contributed by atoms with Gasteiger partial charge in [-0.3, -0.25) is 0 Å². The van der Waals surface area contributed by atoms with Crippen LogP contribution >= 0.6 is 0 Å². The van der Waals surface area contributed by atoms with Crippen LogP contribution in [-0.2, 0) is 19.6 Å². The Balaban J connectivity index is 1.75. The van der Waals surface area contributed by atoms with Crippen molar-refractivity contribution in [1.82, 2.24) is 14.8 Å². The van der Waals surface area contributed by atoms with Crippen LogP contribution in [0.1, 0.15) is 30.1 Å². The summed E-state index contributed by atoms with van der Waals surface area (Å²) in [5, 5.41) is 8.42. The number of nitrogens with two attached hydrogens (primary N) is 1. The minimum atomic E-state index is 0.417. The van der Waals surface area contributed by atoms with Crippen LogP contribution in [0.15, 0.2) is 18.2 Å². The average molecular weight is 258 g/mol. The van der Waals surface area contributed by atoms with E-state index in [0.717, 1.165) is 30.2 Å². The Morgan fingerprint density at radius 2 is 2.21 bits per heavy atom. The molecule has 1 aromatic heterocycles. The van der Waals surface area contributed by atoms with Crippen LogP contribution in [0.3, 0.4) is 0 Å². The van der Waals surface area contributed by atoms with E-state index in [1.165, 1.54) is 12.8 Å². The molecule has 0 fully saturated rings. The van der Waals surface area contributed by atoms with Crippen molar-refractivity contribution in [2.75, 3.05) is 5.73 Å². The van der Waals surface area contributed by atoms with Crippen LogP contribution in [0, 0.1) is 6.92 Å². The number of ether oxygens (including phenoxy) is 1. The number of nitrogen functional groups attached to an aromatic ring is 1. The molecule has 0 saturated carbocycles. The summed E-state index contributed by atoms with van der Waals surface area (Å²) in [5.74, 6) is 2.67. The molecular weight excluding hydrogens is 240 g/mol. The molecule has 2 heterocycles. The molecule has 2 aromatic rings. The first-order chi connectivity index (χ1) is 9.24. The first kappa shape index (κ1) is 12.0. The van der Waals surface area contributed by atoms with Gasteiger partial charge in [0.2, 0.25) is 0 Å². The number of benzene rings is 1. The van der Waals surface area contributed by atoms with E-state index in [4.69, 9.17) is 10.5 Å². The van der Waals surface area contributed by atoms with Crippen molar-refractivity contribution in [3.63, 3.8) is 0 Å². The Bertz CT molecular complexity index is 591. The lowest BCUT2D eigenvalue weighted by Crippen LogP contribution is -2.14. The summed E-state index contributed by atoms with van der Waals surface area (Å²) in [7, 11) is 0. The quantitative estimate of drug-likeness (QED) is 0.856. The van der Waals surface area contributed by atoms with Gasteiger partial charge in [-0.05, 0) is 37.5 Å². The van der Waals surface area contributed by atoms with E-state index in [9.17, 15) is 0 Å². The number of nitrogens with zero attached hydrogens (tertiary/aromatic N) is 3. The number of rotatable bonds is 3. The van der Waals surface area contributed by atoms with Gasteiger partial charge in [0.05, 0.1) is 5.69 Å². The second-order valence-corrected chi connectivity index (χ2v) is 4.97. The van der Waals surface area contributed by atoms with Crippen LogP contribution in [0.4, 0.5) is 5.69 Å². The minimum Gasteiger partial charge on any atom is -0.483 e. The van der Waals surface area contributed by atoms with Gasteiger partial charge >= 0.3 is 0 Å².